The molecule has 1 heterocycles. The zero-order valence-corrected chi connectivity index (χ0v) is 15.7. The first-order valence-corrected chi connectivity index (χ1v) is 9.75. The van der Waals surface area contributed by atoms with E-state index in [1.807, 2.05) is 60.0 Å². The number of carbonyl (C=O) groups excluding carboxylic acids is 1. The minimum absolute atomic E-state index is 0.0671. The predicted molar refractivity (Wildman–Crippen MR) is 110 cm³/mol. The summed E-state index contributed by atoms with van der Waals surface area (Å²) in [4.78, 5) is 12.9. The van der Waals surface area contributed by atoms with Gasteiger partial charge in [-0.3, -0.25) is 4.79 Å². The van der Waals surface area contributed by atoms with Gasteiger partial charge in [-0.15, -0.1) is 0 Å². The van der Waals surface area contributed by atoms with Gasteiger partial charge >= 0.3 is 0 Å². The SMILES string of the molecule is C[C@@H](/C=C/c1ccccc1)[C@H](C(=O)NCc1ccccc1)c1ccsc1. The number of thiophene rings is 1. The van der Waals surface area contributed by atoms with Crippen molar-refractivity contribution >= 4 is 23.3 Å². The molecule has 2 aromatic carbocycles. The Morgan fingerprint density at radius 3 is 2.38 bits per heavy atom. The number of benzene rings is 2. The summed E-state index contributed by atoms with van der Waals surface area (Å²) in [6.45, 7) is 2.65. The predicted octanol–water partition coefficient (Wildman–Crippen LogP) is 5.50. The van der Waals surface area contributed by atoms with Crippen molar-refractivity contribution < 1.29 is 4.79 Å². The third-order valence-electron chi connectivity index (χ3n) is 4.41. The normalized spacial score (nSPS) is 13.4. The fourth-order valence-corrected chi connectivity index (χ4v) is 3.68. The van der Waals surface area contributed by atoms with Gasteiger partial charge in [0.15, 0.2) is 0 Å². The van der Waals surface area contributed by atoms with E-state index in [4.69, 9.17) is 0 Å². The van der Waals surface area contributed by atoms with Gasteiger partial charge in [0.05, 0.1) is 5.92 Å². The number of carbonyl (C=O) groups is 1. The van der Waals surface area contributed by atoms with Gasteiger partial charge in [-0.2, -0.15) is 11.3 Å². The van der Waals surface area contributed by atoms with Crippen LogP contribution in [0.4, 0.5) is 0 Å². The van der Waals surface area contributed by atoms with Crippen LogP contribution in [0.1, 0.15) is 29.5 Å². The lowest BCUT2D eigenvalue weighted by molar-refractivity contribution is -0.123. The van der Waals surface area contributed by atoms with Crippen LogP contribution < -0.4 is 5.32 Å². The summed E-state index contributed by atoms with van der Waals surface area (Å²) < 4.78 is 0. The second kappa shape index (κ2) is 9.16. The zero-order chi connectivity index (χ0) is 18.2. The summed E-state index contributed by atoms with van der Waals surface area (Å²) in [5.74, 6) is -0.0250. The maximum Gasteiger partial charge on any atom is 0.228 e. The van der Waals surface area contributed by atoms with Crippen molar-refractivity contribution in [2.75, 3.05) is 0 Å². The Hall–Kier alpha value is -2.65. The van der Waals surface area contributed by atoms with E-state index in [1.165, 1.54) is 0 Å². The highest BCUT2D eigenvalue weighted by atomic mass is 32.1. The average molecular weight is 362 g/mol. The second-order valence-electron chi connectivity index (χ2n) is 6.37. The summed E-state index contributed by atoms with van der Waals surface area (Å²) >= 11 is 1.63. The lowest BCUT2D eigenvalue weighted by Crippen LogP contribution is -2.31. The molecular weight excluding hydrogens is 338 g/mol. The molecule has 1 N–H and O–H groups in total. The smallest absolute Gasteiger partial charge is 0.228 e. The minimum atomic E-state index is -0.190. The zero-order valence-electron chi connectivity index (χ0n) is 14.8. The third kappa shape index (κ3) is 4.93. The third-order valence-corrected chi connectivity index (χ3v) is 5.11. The molecule has 0 fully saturated rings. The summed E-state index contributed by atoms with van der Waals surface area (Å²) in [7, 11) is 0. The number of hydrogen-bond donors (Lipinski definition) is 1. The number of allylic oxidation sites excluding steroid dienone is 1. The first kappa shape index (κ1) is 18.2. The van der Waals surface area contributed by atoms with E-state index >= 15 is 0 Å². The summed E-state index contributed by atoms with van der Waals surface area (Å²) in [6, 6.07) is 22.2. The van der Waals surface area contributed by atoms with Crippen molar-refractivity contribution in [3.63, 3.8) is 0 Å². The molecule has 2 nitrogen and oxygen atoms in total. The lowest BCUT2D eigenvalue weighted by atomic mass is 9.87. The average Bonchev–Trinajstić information content (AvgIpc) is 3.21. The maximum atomic E-state index is 12.9. The molecule has 26 heavy (non-hydrogen) atoms. The monoisotopic (exact) mass is 361 g/mol. The van der Waals surface area contributed by atoms with Crippen molar-refractivity contribution in [2.24, 2.45) is 5.92 Å². The van der Waals surface area contributed by atoms with Crippen LogP contribution in [0, 0.1) is 5.92 Å². The van der Waals surface area contributed by atoms with Crippen LogP contribution in [0.5, 0.6) is 0 Å². The second-order valence-corrected chi connectivity index (χ2v) is 7.15. The molecule has 0 unspecified atom stereocenters. The molecule has 132 valence electrons. The fraction of sp³-hybridized carbons (Fsp3) is 0.174. The topological polar surface area (TPSA) is 29.1 Å². The number of hydrogen-bond acceptors (Lipinski definition) is 2. The van der Waals surface area contributed by atoms with Crippen LogP contribution in [-0.4, -0.2) is 5.91 Å². The molecule has 0 saturated heterocycles. The number of nitrogens with one attached hydrogen (secondary N) is 1. The van der Waals surface area contributed by atoms with E-state index in [9.17, 15) is 4.79 Å². The molecule has 3 heteroatoms. The maximum absolute atomic E-state index is 12.9. The van der Waals surface area contributed by atoms with Crippen molar-refractivity contribution in [1.82, 2.24) is 5.32 Å². The Kier molecular flexibility index (Phi) is 6.39. The van der Waals surface area contributed by atoms with Gasteiger partial charge < -0.3 is 5.32 Å². The van der Waals surface area contributed by atoms with Gasteiger partial charge in [0.2, 0.25) is 5.91 Å². The van der Waals surface area contributed by atoms with Crippen LogP contribution in [0.2, 0.25) is 0 Å². The van der Waals surface area contributed by atoms with Crippen molar-refractivity contribution in [1.29, 1.82) is 0 Å². The van der Waals surface area contributed by atoms with Gasteiger partial charge in [0.25, 0.3) is 0 Å². The highest BCUT2D eigenvalue weighted by Gasteiger charge is 2.25. The molecule has 0 radical (unpaired) electrons. The Balaban J connectivity index is 1.72. The van der Waals surface area contributed by atoms with Crippen LogP contribution in [0.25, 0.3) is 6.08 Å². The Labute approximate surface area is 159 Å². The van der Waals surface area contributed by atoms with Gasteiger partial charge in [-0.1, -0.05) is 79.7 Å². The van der Waals surface area contributed by atoms with Crippen molar-refractivity contribution in [3.05, 3.63) is 100 Å². The highest BCUT2D eigenvalue weighted by molar-refractivity contribution is 7.08. The molecule has 3 aromatic rings. The summed E-state index contributed by atoms with van der Waals surface area (Å²) in [5, 5.41) is 7.20. The first-order chi connectivity index (χ1) is 12.7. The van der Waals surface area contributed by atoms with Crippen LogP contribution >= 0.6 is 11.3 Å². The number of rotatable bonds is 7. The molecule has 0 aliphatic rings. The van der Waals surface area contributed by atoms with E-state index in [2.05, 4.69) is 41.9 Å². The van der Waals surface area contributed by atoms with Gasteiger partial charge in [-0.25, -0.2) is 0 Å². The van der Waals surface area contributed by atoms with Crippen molar-refractivity contribution in [3.8, 4) is 0 Å². The molecule has 2 atom stereocenters. The Bertz CT molecular complexity index is 825. The van der Waals surface area contributed by atoms with Gasteiger partial charge in [0.1, 0.15) is 0 Å². The summed E-state index contributed by atoms with van der Waals surface area (Å²) in [6.07, 6.45) is 4.22. The molecule has 0 spiro atoms. The Morgan fingerprint density at radius 2 is 1.73 bits per heavy atom. The quantitative estimate of drug-likeness (QED) is 0.592. The Morgan fingerprint density at radius 1 is 1.04 bits per heavy atom. The highest BCUT2D eigenvalue weighted by Crippen LogP contribution is 2.28. The molecule has 0 bridgehead atoms. The van der Waals surface area contributed by atoms with E-state index in [0.29, 0.717) is 6.54 Å². The van der Waals surface area contributed by atoms with Crippen molar-refractivity contribution in [2.45, 2.75) is 19.4 Å². The molecule has 0 saturated carbocycles. The molecule has 1 amide bonds. The summed E-state index contributed by atoms with van der Waals surface area (Å²) in [5.41, 5.74) is 3.33. The van der Waals surface area contributed by atoms with Crippen LogP contribution in [0.15, 0.2) is 83.6 Å². The fourth-order valence-electron chi connectivity index (χ4n) is 2.98. The minimum Gasteiger partial charge on any atom is -0.351 e. The molecule has 0 aliphatic carbocycles. The van der Waals surface area contributed by atoms with E-state index in [0.717, 1.165) is 16.7 Å². The molecule has 0 aliphatic heterocycles. The van der Waals surface area contributed by atoms with E-state index in [-0.39, 0.29) is 17.7 Å². The largest absolute Gasteiger partial charge is 0.351 e. The first-order valence-electron chi connectivity index (χ1n) is 8.81. The van der Waals surface area contributed by atoms with E-state index in [1.54, 1.807) is 11.3 Å². The van der Waals surface area contributed by atoms with Crippen LogP contribution in [-0.2, 0) is 11.3 Å². The standard InChI is InChI=1S/C23H23NOS/c1-18(12-13-19-8-4-2-5-9-19)22(21-14-15-26-17-21)23(25)24-16-20-10-6-3-7-11-20/h2-15,17-18,22H,16H2,1H3,(H,24,25)/b13-12+/t18-,22-/m0/s1. The van der Waals surface area contributed by atoms with E-state index < -0.39 is 0 Å². The molecular formula is C23H23NOS. The molecule has 3 rings (SSSR count). The molecule has 1 aromatic heterocycles. The number of amides is 1. The van der Waals surface area contributed by atoms with Gasteiger partial charge in [0, 0.05) is 6.54 Å². The lowest BCUT2D eigenvalue weighted by Gasteiger charge is -2.20. The van der Waals surface area contributed by atoms with Crippen LogP contribution in [0.3, 0.4) is 0 Å². The van der Waals surface area contributed by atoms with Gasteiger partial charge in [-0.05, 0) is 39.4 Å².